The zero-order chi connectivity index (χ0) is 34.7. The molecule has 0 atom stereocenters. The molecule has 4 rings (SSSR count). The summed E-state index contributed by atoms with van der Waals surface area (Å²) in [6, 6.07) is 1.92. The number of carbonyl (C=O) groups excluding carboxylic acids is 1. The zero-order valence-corrected chi connectivity index (χ0v) is 25.4. The van der Waals surface area contributed by atoms with Gasteiger partial charge in [-0.25, -0.2) is 4.98 Å². The minimum Gasteiger partial charge on any atom is -0.370 e. The van der Waals surface area contributed by atoms with E-state index in [-0.39, 0.29) is 47.6 Å². The van der Waals surface area contributed by atoms with Gasteiger partial charge < -0.3 is 15.5 Å². The van der Waals surface area contributed by atoms with Gasteiger partial charge in [0.25, 0.3) is 5.95 Å². The van der Waals surface area contributed by atoms with Crippen molar-refractivity contribution in [3.05, 3.63) is 58.3 Å². The van der Waals surface area contributed by atoms with Gasteiger partial charge in [-0.3, -0.25) is 4.79 Å². The Morgan fingerprint density at radius 3 is 1.91 bits per heavy atom. The van der Waals surface area contributed by atoms with E-state index in [4.69, 9.17) is 5.73 Å². The largest absolute Gasteiger partial charge is 0.417 e. The lowest BCUT2D eigenvalue weighted by molar-refractivity contribution is -0.143. The molecule has 2 aromatic heterocycles. The van der Waals surface area contributed by atoms with Crippen LogP contribution in [0.1, 0.15) is 66.8 Å². The Bertz CT molecular complexity index is 1500. The van der Waals surface area contributed by atoms with E-state index >= 15 is 0 Å². The predicted molar refractivity (Wildman–Crippen MR) is 152 cm³/mol. The number of hydrogen-bond donors (Lipinski definition) is 1. The first-order chi connectivity index (χ1) is 21.8. The molecule has 0 radical (unpaired) electrons. The average Bonchev–Trinajstić information content (AvgIpc) is 3.41. The number of primary amides is 1. The second-order valence-corrected chi connectivity index (χ2v) is 11.6. The smallest absolute Gasteiger partial charge is 0.370 e. The maximum Gasteiger partial charge on any atom is 0.417 e. The molecule has 2 N–H and O–H groups in total. The van der Waals surface area contributed by atoms with Crippen LogP contribution in [-0.4, -0.2) is 44.2 Å². The number of benzene rings is 1. The third kappa shape index (κ3) is 9.47. The number of amides is 1. The fourth-order valence-corrected chi connectivity index (χ4v) is 5.77. The molecule has 3 aromatic rings. The Morgan fingerprint density at radius 2 is 1.43 bits per heavy atom. The van der Waals surface area contributed by atoms with Gasteiger partial charge >= 0.3 is 18.5 Å². The SMILES string of the molecule is CCN(C[C@H]1CC[C@H](CC(N)=O)CC1)c1ncc(C(F)(F)F)cc1CN(Cc1cc(C(F)(F)F)cc(C(F)(F)F)c1)c1nnn(C)n1. The molecule has 0 spiro atoms. The van der Waals surface area contributed by atoms with Crippen molar-refractivity contribution in [1.82, 2.24) is 25.2 Å². The number of aromatic nitrogens is 5. The van der Waals surface area contributed by atoms with Crippen molar-refractivity contribution in [3.63, 3.8) is 0 Å². The fourth-order valence-electron chi connectivity index (χ4n) is 5.77. The minimum absolute atomic E-state index is 0.000404. The lowest BCUT2D eigenvalue weighted by Gasteiger charge is -2.34. The van der Waals surface area contributed by atoms with Crippen molar-refractivity contribution >= 4 is 17.7 Å². The molecule has 0 saturated heterocycles. The Labute approximate surface area is 263 Å². The first-order valence-corrected chi connectivity index (χ1v) is 14.7. The molecule has 258 valence electrons. The first-order valence-electron chi connectivity index (χ1n) is 14.7. The lowest BCUT2D eigenvalue weighted by Crippen LogP contribution is -2.34. The van der Waals surface area contributed by atoms with Crippen LogP contribution < -0.4 is 15.5 Å². The third-order valence-corrected chi connectivity index (χ3v) is 8.05. The molecule has 47 heavy (non-hydrogen) atoms. The minimum atomic E-state index is -5.11. The first kappa shape index (κ1) is 35.7. The molecule has 0 unspecified atom stereocenters. The molecule has 1 aliphatic rings. The number of aryl methyl sites for hydroxylation is 1. The maximum absolute atomic E-state index is 13.9. The second-order valence-electron chi connectivity index (χ2n) is 11.6. The van der Waals surface area contributed by atoms with E-state index in [1.165, 1.54) is 7.05 Å². The summed E-state index contributed by atoms with van der Waals surface area (Å²) >= 11 is 0. The van der Waals surface area contributed by atoms with Crippen LogP contribution >= 0.6 is 0 Å². The summed E-state index contributed by atoms with van der Waals surface area (Å²) < 4.78 is 123. The van der Waals surface area contributed by atoms with Gasteiger partial charge in [-0.2, -0.15) is 44.3 Å². The van der Waals surface area contributed by atoms with Gasteiger partial charge in [-0.15, -0.1) is 5.10 Å². The number of carbonyl (C=O) groups is 1. The van der Waals surface area contributed by atoms with Gasteiger partial charge in [-0.1, -0.05) is 5.10 Å². The van der Waals surface area contributed by atoms with Crippen molar-refractivity contribution in [2.24, 2.45) is 24.6 Å². The number of tetrazole rings is 1. The molecule has 1 aromatic carbocycles. The highest BCUT2D eigenvalue weighted by Crippen LogP contribution is 2.38. The number of nitrogens with two attached hydrogens (primary N) is 1. The van der Waals surface area contributed by atoms with E-state index < -0.39 is 53.9 Å². The summed E-state index contributed by atoms with van der Waals surface area (Å²) in [6.45, 7) is 1.43. The predicted octanol–water partition coefficient (Wildman–Crippen LogP) is 6.38. The lowest BCUT2D eigenvalue weighted by atomic mass is 9.80. The van der Waals surface area contributed by atoms with Gasteiger partial charge in [0.1, 0.15) is 5.82 Å². The van der Waals surface area contributed by atoms with Crippen LogP contribution in [0, 0.1) is 11.8 Å². The number of halogens is 9. The summed E-state index contributed by atoms with van der Waals surface area (Å²) in [6.07, 6.45) is -11.1. The Morgan fingerprint density at radius 1 is 0.851 bits per heavy atom. The van der Waals surface area contributed by atoms with E-state index in [9.17, 15) is 44.3 Å². The molecule has 0 bridgehead atoms. The number of hydrogen-bond acceptors (Lipinski definition) is 7. The summed E-state index contributed by atoms with van der Waals surface area (Å²) in [7, 11) is 1.37. The van der Waals surface area contributed by atoms with Gasteiger partial charge in [0.05, 0.1) is 23.7 Å². The quantitative estimate of drug-likeness (QED) is 0.235. The maximum atomic E-state index is 13.9. The highest BCUT2D eigenvalue weighted by Gasteiger charge is 2.38. The number of anilines is 2. The normalized spacial score (nSPS) is 17.5. The van der Waals surface area contributed by atoms with Crippen LogP contribution in [0.5, 0.6) is 0 Å². The molecule has 0 aliphatic heterocycles. The topological polar surface area (TPSA) is 106 Å². The number of alkyl halides is 9. The van der Waals surface area contributed by atoms with Gasteiger partial charge in [0, 0.05) is 44.4 Å². The van der Waals surface area contributed by atoms with Gasteiger partial charge in [-0.05, 0) is 79.5 Å². The fraction of sp³-hybridized carbons (Fsp3) is 0.552. The Kier molecular flexibility index (Phi) is 10.6. The van der Waals surface area contributed by atoms with Crippen LogP contribution in [0.2, 0.25) is 0 Å². The van der Waals surface area contributed by atoms with Gasteiger partial charge in [0.2, 0.25) is 5.91 Å². The monoisotopic (exact) mass is 680 g/mol. The Hall–Kier alpha value is -4.12. The van der Waals surface area contributed by atoms with Crippen molar-refractivity contribution < 1.29 is 44.3 Å². The van der Waals surface area contributed by atoms with E-state index in [1.807, 2.05) is 0 Å². The van der Waals surface area contributed by atoms with E-state index in [2.05, 4.69) is 20.4 Å². The zero-order valence-electron chi connectivity index (χ0n) is 25.4. The molecule has 18 heteroatoms. The molecule has 1 aliphatic carbocycles. The van der Waals surface area contributed by atoms with Crippen molar-refractivity contribution in [1.29, 1.82) is 0 Å². The standard InChI is InChI=1S/C29H33F9N8O/c1-3-45(14-18-6-4-17(5-7-18)10-24(39)47)25-20(11-23(13-40-25)29(36,37)38)16-46(26-41-43-44(2)42-26)15-19-8-21(27(30,31)32)12-22(9-19)28(33,34)35/h8-9,11-13,17-18H,3-7,10,14-16H2,1-2H3,(H2,39,47)/t17-,18-. The summed E-state index contributed by atoms with van der Waals surface area (Å²) in [4.78, 5) is 19.4. The highest BCUT2D eigenvalue weighted by atomic mass is 19.4. The van der Waals surface area contributed by atoms with Crippen molar-refractivity contribution in [3.8, 4) is 0 Å². The Balaban J connectivity index is 1.72. The van der Waals surface area contributed by atoms with Gasteiger partial charge in [0.15, 0.2) is 0 Å². The van der Waals surface area contributed by atoms with E-state index in [0.29, 0.717) is 31.4 Å². The van der Waals surface area contributed by atoms with Crippen LogP contribution in [0.25, 0.3) is 0 Å². The summed E-state index contributed by atoms with van der Waals surface area (Å²) in [5, 5.41) is 11.5. The molecule has 1 amide bonds. The number of pyridine rings is 1. The van der Waals surface area contributed by atoms with Crippen LogP contribution in [0.3, 0.4) is 0 Å². The second kappa shape index (κ2) is 13.9. The molecule has 2 heterocycles. The van der Waals surface area contributed by atoms with Crippen molar-refractivity contribution in [2.75, 3.05) is 22.9 Å². The average molecular weight is 681 g/mol. The highest BCUT2D eigenvalue weighted by molar-refractivity contribution is 5.74. The van der Waals surface area contributed by atoms with Crippen LogP contribution in [0.4, 0.5) is 51.3 Å². The van der Waals surface area contributed by atoms with E-state index in [1.54, 1.807) is 11.8 Å². The summed E-state index contributed by atoms with van der Waals surface area (Å²) in [5.41, 5.74) is 0.718. The van der Waals surface area contributed by atoms with Crippen LogP contribution in [0.15, 0.2) is 30.5 Å². The van der Waals surface area contributed by atoms with Crippen LogP contribution in [-0.2, 0) is 43.5 Å². The number of rotatable bonds is 11. The summed E-state index contributed by atoms with van der Waals surface area (Å²) in [5.74, 6) is -0.185. The van der Waals surface area contributed by atoms with Crippen molar-refractivity contribution in [2.45, 2.75) is 70.6 Å². The molecule has 1 fully saturated rings. The molecular formula is C29H33F9N8O. The third-order valence-electron chi connectivity index (χ3n) is 8.05. The van der Waals surface area contributed by atoms with E-state index in [0.717, 1.165) is 41.4 Å². The molecular weight excluding hydrogens is 647 g/mol. The number of nitrogens with zero attached hydrogens (tertiary/aromatic N) is 7. The molecule has 1 saturated carbocycles. The molecule has 9 nitrogen and oxygen atoms in total.